The van der Waals surface area contributed by atoms with Gasteiger partial charge in [0.15, 0.2) is 5.96 Å². The van der Waals surface area contributed by atoms with Crippen LogP contribution in [0.15, 0.2) is 29.3 Å². The number of benzene rings is 1. The molecule has 0 atom stereocenters. The van der Waals surface area contributed by atoms with Crippen LogP contribution in [0.5, 0.6) is 0 Å². The monoisotopic (exact) mass is 496 g/mol. The lowest BCUT2D eigenvalue weighted by atomic mass is 10.2. The summed E-state index contributed by atoms with van der Waals surface area (Å²) in [5.74, 6) is 0.632. The Bertz CT molecular complexity index is 527. The van der Waals surface area contributed by atoms with Crippen molar-refractivity contribution in [2.45, 2.75) is 19.9 Å². The van der Waals surface area contributed by atoms with Crippen molar-refractivity contribution in [3.8, 4) is 0 Å². The SMILES string of the molecule is CCOCCCNC(=NCc1ccc([N+](=O)[O-])cc1)NCCOCCO.I. The number of non-ortho nitro benzene ring substituents is 1. The molecule has 1 rings (SSSR count). The van der Waals surface area contributed by atoms with Crippen LogP contribution in [0.2, 0.25) is 0 Å². The van der Waals surface area contributed by atoms with Crippen LogP contribution < -0.4 is 10.6 Å². The quantitative estimate of drug-likeness (QED) is 0.0950. The topological polar surface area (TPSA) is 118 Å². The van der Waals surface area contributed by atoms with Gasteiger partial charge >= 0.3 is 0 Å². The largest absolute Gasteiger partial charge is 0.394 e. The molecular formula is C17H29IN4O5. The summed E-state index contributed by atoms with van der Waals surface area (Å²) in [4.78, 5) is 14.7. The fourth-order valence-corrected chi connectivity index (χ4v) is 2.00. The smallest absolute Gasteiger partial charge is 0.269 e. The number of guanidine groups is 1. The molecule has 9 nitrogen and oxygen atoms in total. The molecule has 0 unspecified atom stereocenters. The summed E-state index contributed by atoms with van der Waals surface area (Å²) in [7, 11) is 0. The van der Waals surface area contributed by atoms with Crippen molar-refractivity contribution in [1.29, 1.82) is 0 Å². The molecule has 154 valence electrons. The molecule has 10 heteroatoms. The lowest BCUT2D eigenvalue weighted by molar-refractivity contribution is -0.384. The number of aliphatic hydroxyl groups is 1. The van der Waals surface area contributed by atoms with Crippen molar-refractivity contribution in [3.63, 3.8) is 0 Å². The molecule has 0 bridgehead atoms. The van der Waals surface area contributed by atoms with Crippen molar-refractivity contribution in [2.75, 3.05) is 46.1 Å². The lowest BCUT2D eigenvalue weighted by Crippen LogP contribution is -2.39. The number of halogens is 1. The third-order valence-corrected chi connectivity index (χ3v) is 3.30. The predicted octanol–water partition coefficient (Wildman–Crippen LogP) is 1.68. The number of nitro benzene ring substituents is 1. The van der Waals surface area contributed by atoms with Crippen LogP contribution in [0, 0.1) is 10.1 Å². The van der Waals surface area contributed by atoms with E-state index in [9.17, 15) is 10.1 Å². The van der Waals surface area contributed by atoms with Crippen LogP contribution in [-0.2, 0) is 16.0 Å². The zero-order valence-corrected chi connectivity index (χ0v) is 17.9. The predicted molar refractivity (Wildman–Crippen MR) is 115 cm³/mol. The Morgan fingerprint density at radius 1 is 1.15 bits per heavy atom. The van der Waals surface area contributed by atoms with Gasteiger partial charge in [0.2, 0.25) is 0 Å². The second kappa shape index (κ2) is 16.7. The molecule has 0 aliphatic rings. The van der Waals surface area contributed by atoms with E-state index in [1.54, 1.807) is 12.1 Å². The van der Waals surface area contributed by atoms with Crippen molar-refractivity contribution >= 4 is 35.6 Å². The summed E-state index contributed by atoms with van der Waals surface area (Å²) in [5, 5.41) is 25.7. The average Bonchev–Trinajstić information content (AvgIpc) is 2.65. The van der Waals surface area contributed by atoms with E-state index < -0.39 is 4.92 Å². The highest BCUT2D eigenvalue weighted by atomic mass is 127. The minimum absolute atomic E-state index is 0. The maximum atomic E-state index is 10.7. The standard InChI is InChI=1S/C17H28N4O5.HI/c1-2-25-11-3-8-18-17(19-9-12-26-13-10-22)20-14-15-4-6-16(7-5-15)21(23)24;/h4-7,22H,2-3,8-14H2,1H3,(H2,18,19,20);1H. The van der Waals surface area contributed by atoms with Crippen LogP contribution in [-0.4, -0.2) is 62.1 Å². The van der Waals surface area contributed by atoms with Gasteiger partial charge in [-0.25, -0.2) is 4.99 Å². The number of hydrogen-bond acceptors (Lipinski definition) is 6. The molecule has 0 aliphatic heterocycles. The Balaban J connectivity index is 0.00000676. The van der Waals surface area contributed by atoms with Crippen molar-refractivity contribution < 1.29 is 19.5 Å². The molecule has 0 aliphatic carbocycles. The van der Waals surface area contributed by atoms with Gasteiger partial charge in [-0.15, -0.1) is 24.0 Å². The van der Waals surface area contributed by atoms with Gasteiger partial charge in [-0.1, -0.05) is 12.1 Å². The maximum absolute atomic E-state index is 10.7. The van der Waals surface area contributed by atoms with Crippen LogP contribution in [0.3, 0.4) is 0 Å². The third-order valence-electron chi connectivity index (χ3n) is 3.30. The van der Waals surface area contributed by atoms with Gasteiger partial charge in [0.1, 0.15) is 0 Å². The first kappa shape index (κ1) is 25.5. The van der Waals surface area contributed by atoms with E-state index in [1.165, 1.54) is 12.1 Å². The molecular weight excluding hydrogens is 467 g/mol. The number of nitrogens with one attached hydrogen (secondary N) is 2. The summed E-state index contributed by atoms with van der Waals surface area (Å²) < 4.78 is 10.5. The molecule has 0 radical (unpaired) electrons. The number of nitrogens with zero attached hydrogens (tertiary/aromatic N) is 2. The van der Waals surface area contributed by atoms with E-state index in [4.69, 9.17) is 14.6 Å². The van der Waals surface area contributed by atoms with Crippen LogP contribution in [0.1, 0.15) is 18.9 Å². The number of aliphatic hydroxyl groups excluding tert-OH is 1. The summed E-state index contributed by atoms with van der Waals surface area (Å²) in [6, 6.07) is 6.32. The second-order valence-corrected chi connectivity index (χ2v) is 5.33. The van der Waals surface area contributed by atoms with Crippen LogP contribution in [0.25, 0.3) is 0 Å². The third kappa shape index (κ3) is 12.5. The van der Waals surface area contributed by atoms with Crippen molar-refractivity contribution in [3.05, 3.63) is 39.9 Å². The number of hydrogen-bond donors (Lipinski definition) is 3. The van der Waals surface area contributed by atoms with E-state index in [1.807, 2.05) is 6.92 Å². The Labute approximate surface area is 176 Å². The Morgan fingerprint density at radius 2 is 1.85 bits per heavy atom. The lowest BCUT2D eigenvalue weighted by Gasteiger charge is -2.13. The zero-order chi connectivity index (χ0) is 19.0. The van der Waals surface area contributed by atoms with E-state index in [2.05, 4.69) is 15.6 Å². The van der Waals surface area contributed by atoms with Gasteiger partial charge in [0.05, 0.1) is 31.3 Å². The van der Waals surface area contributed by atoms with Crippen LogP contribution in [0.4, 0.5) is 5.69 Å². The number of rotatable bonds is 13. The Kier molecular flexibility index (Phi) is 15.7. The molecule has 0 fully saturated rings. The van der Waals surface area contributed by atoms with Gasteiger partial charge in [-0.3, -0.25) is 10.1 Å². The molecule has 1 aromatic rings. The highest BCUT2D eigenvalue weighted by Gasteiger charge is 2.04. The minimum atomic E-state index is -0.424. The molecule has 3 N–H and O–H groups in total. The fourth-order valence-electron chi connectivity index (χ4n) is 2.00. The molecule has 1 aromatic carbocycles. The average molecular weight is 496 g/mol. The van der Waals surface area contributed by atoms with E-state index in [0.717, 1.165) is 12.0 Å². The first-order valence-corrected chi connectivity index (χ1v) is 8.69. The first-order chi connectivity index (χ1) is 12.7. The summed E-state index contributed by atoms with van der Waals surface area (Å²) in [6.45, 7) is 5.75. The van der Waals surface area contributed by atoms with E-state index >= 15 is 0 Å². The second-order valence-electron chi connectivity index (χ2n) is 5.33. The summed E-state index contributed by atoms with van der Waals surface area (Å²) >= 11 is 0. The van der Waals surface area contributed by atoms with Gasteiger partial charge in [-0.05, 0) is 18.9 Å². The van der Waals surface area contributed by atoms with Gasteiger partial charge in [0, 0.05) is 38.4 Å². The Hall–Kier alpha value is -1.50. The van der Waals surface area contributed by atoms with Crippen LogP contribution >= 0.6 is 24.0 Å². The first-order valence-electron chi connectivity index (χ1n) is 8.69. The number of ether oxygens (including phenoxy) is 2. The highest BCUT2D eigenvalue weighted by Crippen LogP contribution is 2.12. The normalized spacial score (nSPS) is 11.0. The van der Waals surface area contributed by atoms with Crippen molar-refractivity contribution in [2.24, 2.45) is 4.99 Å². The minimum Gasteiger partial charge on any atom is -0.394 e. The summed E-state index contributed by atoms with van der Waals surface area (Å²) in [6.07, 6.45) is 0.854. The molecule has 0 saturated heterocycles. The number of nitro groups is 1. The zero-order valence-electron chi connectivity index (χ0n) is 15.6. The van der Waals surface area contributed by atoms with Gasteiger partial charge in [0.25, 0.3) is 5.69 Å². The number of aliphatic imine (C=N–C) groups is 1. The van der Waals surface area contributed by atoms with E-state index in [0.29, 0.717) is 52.0 Å². The van der Waals surface area contributed by atoms with Gasteiger partial charge in [-0.2, -0.15) is 0 Å². The fraction of sp³-hybridized carbons (Fsp3) is 0.588. The Morgan fingerprint density at radius 3 is 2.48 bits per heavy atom. The maximum Gasteiger partial charge on any atom is 0.269 e. The molecule has 0 saturated carbocycles. The van der Waals surface area contributed by atoms with Gasteiger partial charge < -0.3 is 25.2 Å². The molecule has 0 spiro atoms. The molecule has 0 amide bonds. The summed E-state index contributed by atoms with van der Waals surface area (Å²) in [5.41, 5.74) is 0.939. The van der Waals surface area contributed by atoms with E-state index in [-0.39, 0.29) is 36.3 Å². The molecule has 27 heavy (non-hydrogen) atoms. The highest BCUT2D eigenvalue weighted by molar-refractivity contribution is 14.0. The molecule has 0 heterocycles. The van der Waals surface area contributed by atoms with Crippen molar-refractivity contribution in [1.82, 2.24) is 10.6 Å². The molecule has 0 aromatic heterocycles.